The molecule has 0 bridgehead atoms. The van der Waals surface area contributed by atoms with Gasteiger partial charge in [0.1, 0.15) is 0 Å². The van der Waals surface area contributed by atoms with Gasteiger partial charge in [0, 0.05) is 30.5 Å². The Bertz CT molecular complexity index is 497. The Balaban J connectivity index is 1.35. The van der Waals surface area contributed by atoms with Crippen molar-refractivity contribution in [2.75, 3.05) is 13.2 Å². The summed E-state index contributed by atoms with van der Waals surface area (Å²) in [5, 5.41) is 14.1. The predicted molar refractivity (Wildman–Crippen MR) is 86.7 cm³/mol. The molecule has 3 aliphatic rings. The minimum atomic E-state index is -0.303. The van der Waals surface area contributed by atoms with E-state index >= 15 is 0 Å². The average molecular weight is 301 g/mol. The van der Waals surface area contributed by atoms with Crippen molar-refractivity contribution < 1.29 is 9.84 Å². The summed E-state index contributed by atoms with van der Waals surface area (Å²) in [5.41, 5.74) is 1.59. The molecule has 22 heavy (non-hydrogen) atoms. The largest absolute Gasteiger partial charge is 0.391 e. The van der Waals surface area contributed by atoms with Gasteiger partial charge < -0.3 is 15.2 Å². The second-order valence-electron chi connectivity index (χ2n) is 7.41. The molecular weight excluding hydrogens is 274 g/mol. The van der Waals surface area contributed by atoms with Crippen molar-refractivity contribution in [2.45, 2.75) is 56.8 Å². The van der Waals surface area contributed by atoms with Gasteiger partial charge in [-0.1, -0.05) is 43.2 Å². The summed E-state index contributed by atoms with van der Waals surface area (Å²) in [4.78, 5) is 0. The minimum absolute atomic E-state index is 0.303. The van der Waals surface area contributed by atoms with Crippen LogP contribution in [0.25, 0.3) is 0 Å². The SMILES string of the molecule is OC(CNC1C2CCOC2C12CCCC2)Cc1ccccc1. The van der Waals surface area contributed by atoms with Gasteiger partial charge >= 0.3 is 0 Å². The second kappa shape index (κ2) is 5.95. The number of aliphatic hydroxyl groups is 1. The summed E-state index contributed by atoms with van der Waals surface area (Å²) in [5.74, 6) is 0.682. The third-order valence-corrected chi connectivity index (χ3v) is 6.17. The van der Waals surface area contributed by atoms with Gasteiger partial charge in [-0.05, 0) is 31.2 Å². The van der Waals surface area contributed by atoms with E-state index in [0.717, 1.165) is 13.0 Å². The highest BCUT2D eigenvalue weighted by molar-refractivity contribution is 5.18. The monoisotopic (exact) mass is 301 g/mol. The average Bonchev–Trinajstić information content (AvgIpc) is 3.16. The molecule has 3 fully saturated rings. The summed E-state index contributed by atoms with van der Waals surface area (Å²) in [6, 6.07) is 10.8. The first-order chi connectivity index (χ1) is 10.8. The van der Waals surface area contributed by atoms with Crippen LogP contribution in [0.1, 0.15) is 37.7 Å². The lowest BCUT2D eigenvalue weighted by atomic mass is 9.54. The fourth-order valence-electron chi connectivity index (χ4n) is 5.23. The third kappa shape index (κ3) is 2.40. The van der Waals surface area contributed by atoms with Crippen LogP contribution in [-0.2, 0) is 11.2 Å². The molecule has 0 aromatic heterocycles. The standard InChI is InChI=1S/C19H27NO2/c21-15(12-14-6-2-1-3-7-14)13-20-17-16-8-11-22-18(16)19(17)9-4-5-10-19/h1-3,6-7,15-18,20-21H,4-5,8-13H2. The summed E-state index contributed by atoms with van der Waals surface area (Å²) >= 11 is 0. The van der Waals surface area contributed by atoms with E-state index in [1.807, 2.05) is 18.2 Å². The van der Waals surface area contributed by atoms with E-state index in [1.165, 1.54) is 37.7 Å². The number of ether oxygens (including phenoxy) is 1. The van der Waals surface area contributed by atoms with Crippen LogP contribution in [0.4, 0.5) is 0 Å². The van der Waals surface area contributed by atoms with Crippen LogP contribution >= 0.6 is 0 Å². The Kier molecular flexibility index (Phi) is 3.97. The molecule has 1 spiro atoms. The molecule has 1 saturated heterocycles. The van der Waals surface area contributed by atoms with E-state index in [4.69, 9.17) is 4.74 Å². The highest BCUT2D eigenvalue weighted by atomic mass is 16.5. The number of hydrogen-bond acceptors (Lipinski definition) is 3. The number of hydrogen-bond donors (Lipinski definition) is 2. The lowest BCUT2D eigenvalue weighted by Crippen LogP contribution is -2.68. The molecule has 1 aromatic rings. The molecule has 4 unspecified atom stereocenters. The quantitative estimate of drug-likeness (QED) is 0.878. The van der Waals surface area contributed by atoms with Crippen molar-refractivity contribution in [3.05, 3.63) is 35.9 Å². The number of fused-ring (bicyclic) bond motifs is 2. The lowest BCUT2D eigenvalue weighted by molar-refractivity contribution is -0.131. The van der Waals surface area contributed by atoms with Gasteiger partial charge in [-0.25, -0.2) is 0 Å². The predicted octanol–water partition coefficient (Wildman–Crippen LogP) is 2.53. The van der Waals surface area contributed by atoms with Gasteiger partial charge in [-0.15, -0.1) is 0 Å². The maximum Gasteiger partial charge on any atom is 0.0704 e. The molecular formula is C19H27NO2. The Labute approximate surface area is 133 Å². The molecule has 0 radical (unpaired) electrons. The van der Waals surface area contributed by atoms with Gasteiger partial charge in [0.25, 0.3) is 0 Å². The van der Waals surface area contributed by atoms with Crippen molar-refractivity contribution in [3.63, 3.8) is 0 Å². The molecule has 3 nitrogen and oxygen atoms in total. The highest BCUT2D eigenvalue weighted by Gasteiger charge is 2.64. The topological polar surface area (TPSA) is 41.5 Å². The van der Waals surface area contributed by atoms with Crippen LogP contribution in [0, 0.1) is 11.3 Å². The van der Waals surface area contributed by atoms with Crippen molar-refractivity contribution in [2.24, 2.45) is 11.3 Å². The minimum Gasteiger partial charge on any atom is -0.391 e. The molecule has 2 aliphatic carbocycles. The third-order valence-electron chi connectivity index (χ3n) is 6.17. The van der Waals surface area contributed by atoms with Crippen LogP contribution in [-0.4, -0.2) is 36.5 Å². The molecule has 4 atom stereocenters. The Morgan fingerprint density at radius 3 is 2.77 bits per heavy atom. The lowest BCUT2D eigenvalue weighted by Gasteiger charge is -2.57. The van der Waals surface area contributed by atoms with Gasteiger partial charge in [-0.2, -0.15) is 0 Å². The Hall–Kier alpha value is -0.900. The number of nitrogens with one attached hydrogen (secondary N) is 1. The summed E-state index contributed by atoms with van der Waals surface area (Å²) < 4.78 is 6.02. The highest BCUT2D eigenvalue weighted by Crippen LogP contribution is 2.60. The van der Waals surface area contributed by atoms with Crippen molar-refractivity contribution in [1.29, 1.82) is 0 Å². The Morgan fingerprint density at radius 1 is 1.23 bits per heavy atom. The van der Waals surface area contributed by atoms with Gasteiger partial charge in [-0.3, -0.25) is 0 Å². The van der Waals surface area contributed by atoms with Crippen LogP contribution in [0.3, 0.4) is 0 Å². The molecule has 4 rings (SSSR count). The van der Waals surface area contributed by atoms with Crippen molar-refractivity contribution in [3.8, 4) is 0 Å². The molecule has 120 valence electrons. The first-order valence-corrected chi connectivity index (χ1v) is 8.86. The number of aliphatic hydroxyl groups excluding tert-OH is 1. The van der Waals surface area contributed by atoms with Gasteiger partial charge in [0.15, 0.2) is 0 Å². The Morgan fingerprint density at radius 2 is 2.00 bits per heavy atom. The second-order valence-corrected chi connectivity index (χ2v) is 7.41. The summed E-state index contributed by atoms with van der Waals surface area (Å²) in [6.07, 6.45) is 7.42. The van der Waals surface area contributed by atoms with Crippen molar-refractivity contribution >= 4 is 0 Å². The van der Waals surface area contributed by atoms with E-state index in [1.54, 1.807) is 0 Å². The molecule has 1 aliphatic heterocycles. The van der Waals surface area contributed by atoms with E-state index in [-0.39, 0.29) is 6.10 Å². The normalized spacial score (nSPS) is 33.6. The number of rotatable bonds is 5. The first kappa shape index (κ1) is 14.7. The zero-order chi connectivity index (χ0) is 15.0. The molecule has 0 amide bonds. The molecule has 2 N–H and O–H groups in total. The van der Waals surface area contributed by atoms with Crippen LogP contribution in [0.15, 0.2) is 30.3 Å². The summed E-state index contributed by atoms with van der Waals surface area (Å²) in [6.45, 7) is 1.63. The van der Waals surface area contributed by atoms with Crippen LogP contribution < -0.4 is 5.32 Å². The fourth-order valence-corrected chi connectivity index (χ4v) is 5.23. The van der Waals surface area contributed by atoms with Gasteiger partial charge in [0.05, 0.1) is 12.2 Å². The molecule has 2 saturated carbocycles. The molecule has 3 heteroatoms. The molecule has 1 aromatic carbocycles. The van der Waals surface area contributed by atoms with E-state index in [0.29, 0.717) is 30.0 Å². The maximum absolute atomic E-state index is 10.3. The molecule has 1 heterocycles. The van der Waals surface area contributed by atoms with E-state index in [9.17, 15) is 5.11 Å². The summed E-state index contributed by atoms with van der Waals surface area (Å²) in [7, 11) is 0. The van der Waals surface area contributed by atoms with Gasteiger partial charge in [0.2, 0.25) is 0 Å². The number of benzene rings is 1. The van der Waals surface area contributed by atoms with E-state index in [2.05, 4.69) is 17.4 Å². The smallest absolute Gasteiger partial charge is 0.0704 e. The maximum atomic E-state index is 10.3. The first-order valence-electron chi connectivity index (χ1n) is 8.86. The zero-order valence-corrected chi connectivity index (χ0v) is 13.2. The van der Waals surface area contributed by atoms with E-state index < -0.39 is 0 Å². The fraction of sp³-hybridized carbons (Fsp3) is 0.684. The van der Waals surface area contributed by atoms with Crippen LogP contribution in [0.5, 0.6) is 0 Å². The van der Waals surface area contributed by atoms with Crippen molar-refractivity contribution in [1.82, 2.24) is 5.32 Å². The zero-order valence-electron chi connectivity index (χ0n) is 13.2. The van der Waals surface area contributed by atoms with Crippen LogP contribution in [0.2, 0.25) is 0 Å².